The molecule has 2 heterocycles. The second-order valence-corrected chi connectivity index (χ2v) is 5.95. The summed E-state index contributed by atoms with van der Waals surface area (Å²) >= 11 is 0. The number of carbonyl (C=O) groups excluding carboxylic acids is 1. The molecule has 1 aromatic rings. The minimum absolute atomic E-state index is 0.0743. The summed E-state index contributed by atoms with van der Waals surface area (Å²) in [7, 11) is -2.94. The molecule has 6 heteroatoms. The predicted molar refractivity (Wildman–Crippen MR) is 52.5 cm³/mol. The topological polar surface area (TPSA) is 77.2 Å². The van der Waals surface area contributed by atoms with Crippen LogP contribution in [0.2, 0.25) is 0 Å². The molecular weight excluding hydrogens is 218 g/mol. The number of carbonyl (C=O) groups is 1. The van der Waals surface area contributed by atoms with Crippen LogP contribution in [-0.2, 0) is 9.84 Å². The third-order valence-electron chi connectivity index (χ3n) is 2.45. The lowest BCUT2D eigenvalue weighted by Gasteiger charge is -1.99. The fourth-order valence-corrected chi connectivity index (χ4v) is 3.36. The molecule has 1 fully saturated rings. The van der Waals surface area contributed by atoms with Crippen LogP contribution in [0.4, 0.5) is 0 Å². The second kappa shape index (κ2) is 3.44. The number of Topliss-reactive ketones (excluding diaryl/α,β-unsaturated/α-hetero) is 1. The molecule has 0 amide bonds. The van der Waals surface area contributed by atoms with E-state index in [4.69, 9.17) is 4.42 Å². The minimum atomic E-state index is -2.94. The smallest absolute Gasteiger partial charge is 0.199 e. The molecule has 15 heavy (non-hydrogen) atoms. The van der Waals surface area contributed by atoms with Gasteiger partial charge in [0, 0.05) is 6.92 Å². The predicted octanol–water partition coefficient (Wildman–Crippen LogP) is 0.779. The number of rotatable bonds is 2. The van der Waals surface area contributed by atoms with Crippen LogP contribution in [0.3, 0.4) is 0 Å². The van der Waals surface area contributed by atoms with Crippen LogP contribution >= 0.6 is 0 Å². The highest BCUT2D eigenvalue weighted by molar-refractivity contribution is 7.91. The van der Waals surface area contributed by atoms with Gasteiger partial charge in [0.15, 0.2) is 27.3 Å². The molecular formula is C9H11NO4S. The zero-order valence-electron chi connectivity index (χ0n) is 8.26. The summed E-state index contributed by atoms with van der Waals surface area (Å²) in [5.41, 5.74) is 0. The fourth-order valence-electron chi connectivity index (χ4n) is 1.63. The van der Waals surface area contributed by atoms with Crippen molar-refractivity contribution >= 4 is 15.6 Å². The highest BCUT2D eigenvalue weighted by Crippen LogP contribution is 2.28. The maximum atomic E-state index is 11.2. The Morgan fingerprint density at radius 1 is 1.60 bits per heavy atom. The molecule has 82 valence electrons. The van der Waals surface area contributed by atoms with Gasteiger partial charge in [0.1, 0.15) is 0 Å². The first kappa shape index (κ1) is 10.4. The van der Waals surface area contributed by atoms with Gasteiger partial charge >= 0.3 is 0 Å². The lowest BCUT2D eigenvalue weighted by molar-refractivity contribution is 0.0985. The van der Waals surface area contributed by atoms with Gasteiger partial charge in [0.25, 0.3) is 0 Å². The van der Waals surface area contributed by atoms with E-state index in [0.717, 1.165) is 0 Å². The van der Waals surface area contributed by atoms with Gasteiger partial charge in [-0.15, -0.1) is 0 Å². The monoisotopic (exact) mass is 229 g/mol. The molecule has 0 radical (unpaired) electrons. The lowest BCUT2D eigenvalue weighted by atomic mass is 10.1. The van der Waals surface area contributed by atoms with E-state index in [0.29, 0.717) is 12.3 Å². The number of sulfone groups is 1. The number of ketones is 1. The van der Waals surface area contributed by atoms with Crippen molar-refractivity contribution in [3.8, 4) is 0 Å². The first-order valence-corrected chi connectivity index (χ1v) is 6.47. The number of hydrogen-bond donors (Lipinski definition) is 0. The summed E-state index contributed by atoms with van der Waals surface area (Å²) in [6, 6.07) is 0. The van der Waals surface area contributed by atoms with E-state index in [1.54, 1.807) is 0 Å². The van der Waals surface area contributed by atoms with Crippen LogP contribution < -0.4 is 0 Å². The van der Waals surface area contributed by atoms with E-state index in [1.807, 2.05) is 0 Å². The van der Waals surface area contributed by atoms with E-state index >= 15 is 0 Å². The van der Waals surface area contributed by atoms with E-state index < -0.39 is 9.84 Å². The molecule has 0 N–H and O–H groups in total. The van der Waals surface area contributed by atoms with Gasteiger partial charge in [-0.05, 0) is 6.42 Å². The van der Waals surface area contributed by atoms with E-state index in [-0.39, 0.29) is 29.0 Å². The van der Waals surface area contributed by atoms with Crippen molar-refractivity contribution in [1.29, 1.82) is 0 Å². The normalized spacial score (nSPS) is 24.2. The van der Waals surface area contributed by atoms with Crippen molar-refractivity contribution in [2.45, 2.75) is 19.3 Å². The lowest BCUT2D eigenvalue weighted by Crippen LogP contribution is -2.03. The number of hydrogen-bond acceptors (Lipinski definition) is 5. The van der Waals surface area contributed by atoms with E-state index in [9.17, 15) is 13.2 Å². The van der Waals surface area contributed by atoms with Gasteiger partial charge in [0.2, 0.25) is 0 Å². The summed E-state index contributed by atoms with van der Waals surface area (Å²) in [6.45, 7) is 1.38. The third-order valence-corrected chi connectivity index (χ3v) is 4.22. The summed E-state index contributed by atoms with van der Waals surface area (Å²) in [6.07, 6.45) is 1.88. The molecule has 2 rings (SSSR count). The SMILES string of the molecule is CC(=O)c1cnc(C2CCS(=O)(=O)C2)o1. The number of nitrogens with zero attached hydrogens (tertiary/aromatic N) is 1. The van der Waals surface area contributed by atoms with Crippen molar-refractivity contribution in [2.75, 3.05) is 11.5 Å². The van der Waals surface area contributed by atoms with Crippen molar-refractivity contribution in [3.05, 3.63) is 17.8 Å². The molecule has 5 nitrogen and oxygen atoms in total. The standard InChI is InChI=1S/C9H11NO4S/c1-6(11)8-4-10-9(14-8)7-2-3-15(12,13)5-7/h4,7H,2-3,5H2,1H3. The summed E-state index contributed by atoms with van der Waals surface area (Å²) in [4.78, 5) is 14.9. The average Bonchev–Trinajstić information content (AvgIpc) is 2.70. The Labute approximate surface area is 87.4 Å². The first-order chi connectivity index (χ1) is 6.98. The van der Waals surface area contributed by atoms with Crippen LogP contribution in [0.1, 0.15) is 35.7 Å². The van der Waals surface area contributed by atoms with Gasteiger partial charge in [0.05, 0.1) is 23.6 Å². The molecule has 1 unspecified atom stereocenters. The average molecular weight is 229 g/mol. The molecule has 0 spiro atoms. The first-order valence-electron chi connectivity index (χ1n) is 4.65. The van der Waals surface area contributed by atoms with Crippen molar-refractivity contribution in [3.63, 3.8) is 0 Å². The molecule has 0 aromatic carbocycles. The van der Waals surface area contributed by atoms with Gasteiger partial charge in [-0.25, -0.2) is 13.4 Å². The Morgan fingerprint density at radius 3 is 2.80 bits per heavy atom. The zero-order chi connectivity index (χ0) is 11.1. The van der Waals surface area contributed by atoms with E-state index in [1.165, 1.54) is 13.1 Å². The Balaban J connectivity index is 2.21. The Morgan fingerprint density at radius 2 is 2.33 bits per heavy atom. The Bertz CT molecular complexity index is 488. The maximum absolute atomic E-state index is 11.2. The minimum Gasteiger partial charge on any atom is -0.437 e. The fraction of sp³-hybridized carbons (Fsp3) is 0.556. The largest absolute Gasteiger partial charge is 0.437 e. The third kappa shape index (κ3) is 2.09. The highest BCUT2D eigenvalue weighted by Gasteiger charge is 2.32. The number of oxazole rings is 1. The zero-order valence-corrected chi connectivity index (χ0v) is 9.08. The van der Waals surface area contributed by atoms with Crippen molar-refractivity contribution in [1.82, 2.24) is 4.98 Å². The van der Waals surface area contributed by atoms with Gasteiger partial charge in [-0.2, -0.15) is 0 Å². The molecule has 1 aliphatic rings. The molecule has 1 atom stereocenters. The quantitative estimate of drug-likeness (QED) is 0.700. The van der Waals surface area contributed by atoms with Crippen LogP contribution in [0.15, 0.2) is 10.6 Å². The summed E-state index contributed by atoms with van der Waals surface area (Å²) < 4.78 is 27.6. The maximum Gasteiger partial charge on any atom is 0.199 e. The highest BCUT2D eigenvalue weighted by atomic mass is 32.2. The Hall–Kier alpha value is -1.17. The molecule has 0 saturated carbocycles. The van der Waals surface area contributed by atoms with Gasteiger partial charge < -0.3 is 4.42 Å². The van der Waals surface area contributed by atoms with Crippen LogP contribution in [-0.4, -0.2) is 30.7 Å². The van der Waals surface area contributed by atoms with Crippen LogP contribution in [0.25, 0.3) is 0 Å². The van der Waals surface area contributed by atoms with Crippen LogP contribution in [0, 0.1) is 0 Å². The summed E-state index contributed by atoms with van der Waals surface area (Å²) in [5, 5.41) is 0. The van der Waals surface area contributed by atoms with Gasteiger partial charge in [-0.3, -0.25) is 4.79 Å². The van der Waals surface area contributed by atoms with Gasteiger partial charge in [-0.1, -0.05) is 0 Å². The molecule has 0 bridgehead atoms. The molecule has 1 aliphatic heterocycles. The van der Waals surface area contributed by atoms with Crippen molar-refractivity contribution < 1.29 is 17.6 Å². The van der Waals surface area contributed by atoms with Crippen LogP contribution in [0.5, 0.6) is 0 Å². The molecule has 0 aliphatic carbocycles. The van der Waals surface area contributed by atoms with Crippen molar-refractivity contribution in [2.24, 2.45) is 0 Å². The number of aromatic nitrogens is 1. The summed E-state index contributed by atoms with van der Waals surface area (Å²) in [5.74, 6) is 0.411. The molecule has 1 aromatic heterocycles. The molecule has 1 saturated heterocycles. The Kier molecular flexibility index (Phi) is 2.38. The van der Waals surface area contributed by atoms with E-state index in [2.05, 4.69) is 4.98 Å². The second-order valence-electron chi connectivity index (χ2n) is 3.72.